The second-order valence-corrected chi connectivity index (χ2v) is 11.4. The van der Waals surface area contributed by atoms with Crippen LogP contribution in [-0.2, 0) is 10.1 Å². The van der Waals surface area contributed by atoms with Crippen LogP contribution in [0.3, 0.4) is 0 Å². The molecule has 2 aromatic heterocycles. The number of hydrogen-bond donors (Lipinski definition) is 2. The van der Waals surface area contributed by atoms with E-state index < -0.39 is 21.4 Å². The Morgan fingerprint density at radius 3 is 2.37 bits per heavy atom. The molecular weight excluding hydrogens is 541 g/mol. The minimum atomic E-state index is -5.79. The summed E-state index contributed by atoms with van der Waals surface area (Å²) in [5.74, 6) is -0.377. The van der Waals surface area contributed by atoms with Gasteiger partial charge in [0.25, 0.3) is 5.91 Å². The third-order valence-electron chi connectivity index (χ3n) is 5.73. The quantitative estimate of drug-likeness (QED) is 0.194. The number of halogens is 3. The van der Waals surface area contributed by atoms with E-state index in [2.05, 4.69) is 24.5 Å². The first-order valence-corrected chi connectivity index (χ1v) is 13.3. The molecule has 13 heteroatoms. The third-order valence-corrected chi connectivity index (χ3v) is 7.66. The van der Waals surface area contributed by atoms with Crippen molar-refractivity contribution in [2.75, 3.05) is 5.32 Å². The topological polar surface area (TPSA) is 114 Å². The molecule has 0 unspecified atom stereocenters. The second kappa shape index (κ2) is 9.10. The van der Waals surface area contributed by atoms with Crippen LogP contribution in [0, 0.1) is 20.8 Å². The highest BCUT2D eigenvalue weighted by molar-refractivity contribution is 7.88. The van der Waals surface area contributed by atoms with Gasteiger partial charge in [-0.25, -0.2) is 9.97 Å². The standard InChI is InChI=1S/C25H19F3N4O4S2/c1-12-8-17(36-38(34,35)25(26,27)28)9-13(2)22(12)23-31-18-6-4-15(10-19(18)32-23)24(33)30-16-5-7-21-20(11-16)29-14(3)37-21/h4-11H,1-3H3,(H,30,33)(H,31,32). The van der Waals surface area contributed by atoms with Gasteiger partial charge in [-0.05, 0) is 80.4 Å². The summed E-state index contributed by atoms with van der Waals surface area (Å²) < 4.78 is 66.1. The van der Waals surface area contributed by atoms with Crippen LogP contribution < -0.4 is 9.50 Å². The number of imidazole rings is 1. The smallest absolute Gasteiger partial charge is 0.376 e. The molecule has 0 fully saturated rings. The number of anilines is 1. The molecule has 2 N–H and O–H groups in total. The SMILES string of the molecule is Cc1nc2cc(NC(=O)c3ccc4nc(-c5c(C)cc(OS(=O)(=O)C(F)(F)F)cc5C)[nH]c4c3)ccc2s1. The zero-order chi connectivity index (χ0) is 27.4. The largest absolute Gasteiger partial charge is 0.534 e. The molecule has 0 saturated heterocycles. The maximum absolute atomic E-state index is 12.9. The number of carbonyl (C=O) groups is 1. The number of H-pyrrole nitrogens is 1. The lowest BCUT2D eigenvalue weighted by Gasteiger charge is -2.13. The fourth-order valence-electron chi connectivity index (χ4n) is 4.11. The molecule has 0 atom stereocenters. The van der Waals surface area contributed by atoms with Gasteiger partial charge in [0.1, 0.15) is 11.6 Å². The van der Waals surface area contributed by atoms with Gasteiger partial charge in [0.15, 0.2) is 0 Å². The predicted octanol–water partition coefficient (Wildman–Crippen LogP) is 6.25. The Hall–Kier alpha value is -3.97. The highest BCUT2D eigenvalue weighted by Crippen LogP contribution is 2.33. The average Bonchev–Trinajstić information content (AvgIpc) is 3.38. The lowest BCUT2D eigenvalue weighted by molar-refractivity contribution is -0.0500. The van der Waals surface area contributed by atoms with Gasteiger partial charge in [0.05, 0.1) is 26.3 Å². The van der Waals surface area contributed by atoms with E-state index in [9.17, 15) is 26.4 Å². The van der Waals surface area contributed by atoms with Crippen molar-refractivity contribution in [3.8, 4) is 17.1 Å². The average molecular weight is 561 g/mol. The molecule has 3 aromatic carbocycles. The first-order valence-electron chi connectivity index (χ1n) is 11.1. The second-order valence-electron chi connectivity index (χ2n) is 8.60. The van der Waals surface area contributed by atoms with E-state index in [0.29, 0.717) is 44.8 Å². The normalized spacial score (nSPS) is 12.3. The van der Waals surface area contributed by atoms with Gasteiger partial charge in [0, 0.05) is 16.8 Å². The lowest BCUT2D eigenvalue weighted by atomic mass is 10.0. The molecule has 38 heavy (non-hydrogen) atoms. The van der Waals surface area contributed by atoms with Crippen molar-refractivity contribution in [3.05, 3.63) is 70.2 Å². The van der Waals surface area contributed by atoms with E-state index in [4.69, 9.17) is 0 Å². The zero-order valence-electron chi connectivity index (χ0n) is 20.1. The van der Waals surface area contributed by atoms with Crippen LogP contribution >= 0.6 is 11.3 Å². The van der Waals surface area contributed by atoms with Crippen molar-refractivity contribution in [1.29, 1.82) is 0 Å². The Labute approximate surface area is 218 Å². The summed E-state index contributed by atoms with van der Waals surface area (Å²) in [6.45, 7) is 5.12. The molecule has 0 aliphatic heterocycles. The summed E-state index contributed by atoms with van der Waals surface area (Å²) >= 11 is 1.57. The number of hydrogen-bond acceptors (Lipinski definition) is 7. The van der Waals surface area contributed by atoms with Crippen LogP contribution in [0.4, 0.5) is 18.9 Å². The van der Waals surface area contributed by atoms with Gasteiger partial charge in [-0.3, -0.25) is 4.79 Å². The van der Waals surface area contributed by atoms with Crippen LogP contribution in [0.15, 0.2) is 48.5 Å². The van der Waals surface area contributed by atoms with Crippen LogP contribution in [0.1, 0.15) is 26.5 Å². The van der Waals surface area contributed by atoms with E-state index in [0.717, 1.165) is 15.2 Å². The Morgan fingerprint density at radius 1 is 0.974 bits per heavy atom. The molecule has 5 rings (SSSR count). The maximum atomic E-state index is 12.9. The summed E-state index contributed by atoms with van der Waals surface area (Å²) in [5.41, 5.74) is -1.15. The molecule has 0 radical (unpaired) electrons. The van der Waals surface area contributed by atoms with Crippen molar-refractivity contribution < 1.29 is 30.6 Å². The van der Waals surface area contributed by atoms with E-state index in [1.165, 1.54) is 12.1 Å². The maximum Gasteiger partial charge on any atom is 0.534 e. The number of aryl methyl sites for hydroxylation is 3. The first kappa shape index (κ1) is 25.7. The fraction of sp³-hybridized carbons (Fsp3) is 0.160. The monoisotopic (exact) mass is 560 g/mol. The molecule has 196 valence electrons. The van der Waals surface area contributed by atoms with Crippen LogP contribution in [0.2, 0.25) is 0 Å². The van der Waals surface area contributed by atoms with Gasteiger partial charge in [-0.2, -0.15) is 21.6 Å². The van der Waals surface area contributed by atoms with Crippen LogP contribution in [0.5, 0.6) is 5.75 Å². The number of benzene rings is 3. The number of aromatic nitrogens is 3. The number of nitrogens with zero attached hydrogens (tertiary/aromatic N) is 2. The van der Waals surface area contributed by atoms with Crippen molar-refractivity contribution in [2.24, 2.45) is 0 Å². The summed E-state index contributed by atoms with van der Waals surface area (Å²) in [6, 6.07) is 12.9. The van der Waals surface area contributed by atoms with E-state index in [-0.39, 0.29) is 5.91 Å². The Morgan fingerprint density at radius 2 is 1.68 bits per heavy atom. The lowest BCUT2D eigenvalue weighted by Crippen LogP contribution is -2.28. The number of thiazole rings is 1. The number of fused-ring (bicyclic) bond motifs is 2. The Balaban J connectivity index is 1.41. The van der Waals surface area contributed by atoms with Crippen molar-refractivity contribution in [1.82, 2.24) is 15.0 Å². The predicted molar refractivity (Wildman–Crippen MR) is 139 cm³/mol. The van der Waals surface area contributed by atoms with E-state index in [1.54, 1.807) is 43.4 Å². The summed E-state index contributed by atoms with van der Waals surface area (Å²) in [6.07, 6.45) is 0. The Bertz CT molecular complexity index is 1820. The van der Waals surface area contributed by atoms with Gasteiger partial charge in [-0.15, -0.1) is 11.3 Å². The third kappa shape index (κ3) is 4.82. The molecule has 0 bridgehead atoms. The molecule has 0 aliphatic carbocycles. The number of alkyl halides is 3. The van der Waals surface area contributed by atoms with Gasteiger partial charge < -0.3 is 14.5 Å². The molecule has 0 spiro atoms. The summed E-state index contributed by atoms with van der Waals surface area (Å²) in [4.78, 5) is 25.0. The van der Waals surface area contributed by atoms with E-state index in [1.807, 2.05) is 25.1 Å². The molecular formula is C25H19F3N4O4S2. The molecule has 0 saturated carbocycles. The molecule has 0 aliphatic rings. The fourth-order valence-corrected chi connectivity index (χ4v) is 5.36. The number of rotatable bonds is 5. The molecule has 5 aromatic rings. The van der Waals surface area contributed by atoms with Crippen LogP contribution in [-0.4, -0.2) is 34.8 Å². The number of aromatic amines is 1. The number of nitrogens with one attached hydrogen (secondary N) is 2. The highest BCUT2D eigenvalue weighted by Gasteiger charge is 2.48. The Kier molecular flexibility index (Phi) is 6.15. The van der Waals surface area contributed by atoms with Crippen molar-refractivity contribution in [2.45, 2.75) is 26.3 Å². The number of carbonyl (C=O) groups excluding carboxylic acids is 1. The van der Waals surface area contributed by atoms with E-state index >= 15 is 0 Å². The molecule has 2 heterocycles. The molecule has 8 nitrogen and oxygen atoms in total. The van der Waals surface area contributed by atoms with Gasteiger partial charge >= 0.3 is 15.6 Å². The van der Waals surface area contributed by atoms with Crippen molar-refractivity contribution in [3.63, 3.8) is 0 Å². The zero-order valence-corrected chi connectivity index (χ0v) is 21.7. The minimum absolute atomic E-state index is 0.325. The van der Waals surface area contributed by atoms with Gasteiger partial charge in [-0.1, -0.05) is 0 Å². The highest BCUT2D eigenvalue weighted by atomic mass is 32.2. The van der Waals surface area contributed by atoms with Crippen LogP contribution in [0.25, 0.3) is 32.6 Å². The molecule has 1 amide bonds. The summed E-state index contributed by atoms with van der Waals surface area (Å²) in [7, 11) is -5.79. The minimum Gasteiger partial charge on any atom is -0.376 e. The number of amides is 1. The van der Waals surface area contributed by atoms with Gasteiger partial charge in [0.2, 0.25) is 0 Å². The first-order chi connectivity index (χ1) is 17.8. The van der Waals surface area contributed by atoms with Crippen molar-refractivity contribution >= 4 is 54.3 Å². The summed E-state index contributed by atoms with van der Waals surface area (Å²) in [5, 5.41) is 3.80.